The van der Waals surface area contributed by atoms with E-state index in [0.717, 1.165) is 6.08 Å². The average Bonchev–Trinajstić information content (AvgIpc) is 2.15. The molecule has 0 saturated heterocycles. The van der Waals surface area contributed by atoms with Crippen molar-refractivity contribution < 1.29 is 17.6 Å². The minimum Gasteiger partial charge on any atom is -0.321 e. The Kier molecular flexibility index (Phi) is 4.77. The molecule has 1 nitrogen and oxygen atoms in total. The van der Waals surface area contributed by atoms with Gasteiger partial charge in [0.25, 0.3) is 0 Å². The second-order valence-electron chi connectivity index (χ2n) is 2.64. The van der Waals surface area contributed by atoms with E-state index in [-0.39, 0.29) is 18.5 Å². The number of nitrogens with two attached hydrogens (primary N) is 1. The number of benzene rings is 1. The Hall–Kier alpha value is -1.07. The van der Waals surface area contributed by atoms with Crippen molar-refractivity contribution in [1.29, 1.82) is 0 Å². The summed E-state index contributed by atoms with van der Waals surface area (Å²) in [6.07, 6.45) is 0.986. The largest absolute Gasteiger partial charge is 0.321 e. The number of rotatable bonds is 2. The van der Waals surface area contributed by atoms with Crippen LogP contribution in [-0.4, -0.2) is 0 Å². The molecule has 15 heavy (non-hydrogen) atoms. The van der Waals surface area contributed by atoms with Crippen LogP contribution >= 0.6 is 12.4 Å². The molecule has 2 N–H and O–H groups in total. The van der Waals surface area contributed by atoms with Gasteiger partial charge in [0.1, 0.15) is 0 Å². The molecule has 1 aromatic rings. The zero-order chi connectivity index (χ0) is 10.9. The van der Waals surface area contributed by atoms with Gasteiger partial charge in [-0.15, -0.1) is 19.0 Å². The first-order chi connectivity index (χ1) is 6.49. The molecule has 0 amide bonds. The Morgan fingerprint density at radius 1 is 1.13 bits per heavy atom. The van der Waals surface area contributed by atoms with Crippen molar-refractivity contribution in [2.45, 2.75) is 6.04 Å². The van der Waals surface area contributed by atoms with Gasteiger partial charge in [0.2, 0.25) is 0 Å². The normalized spacial score (nSPS) is 11.8. The van der Waals surface area contributed by atoms with Gasteiger partial charge in [0, 0.05) is 6.07 Å². The average molecular weight is 242 g/mol. The third-order valence-electron chi connectivity index (χ3n) is 1.73. The van der Waals surface area contributed by atoms with Crippen LogP contribution in [0.3, 0.4) is 0 Å². The maximum absolute atomic E-state index is 13.0. The van der Waals surface area contributed by atoms with Crippen molar-refractivity contribution in [1.82, 2.24) is 0 Å². The first kappa shape index (κ1) is 13.9. The monoisotopic (exact) mass is 241 g/mol. The molecule has 6 heteroatoms. The lowest BCUT2D eigenvalue weighted by Crippen LogP contribution is -2.14. The van der Waals surface area contributed by atoms with Crippen LogP contribution in [0.4, 0.5) is 17.6 Å². The highest BCUT2D eigenvalue weighted by Crippen LogP contribution is 2.24. The van der Waals surface area contributed by atoms with E-state index in [1.165, 1.54) is 0 Å². The SMILES string of the molecule is C=C[C@H](N)c1c(F)c(F)cc(F)c1F.Cl. The van der Waals surface area contributed by atoms with Crippen molar-refractivity contribution in [3.8, 4) is 0 Å². The van der Waals surface area contributed by atoms with Crippen LogP contribution in [0.2, 0.25) is 0 Å². The van der Waals surface area contributed by atoms with Crippen molar-refractivity contribution >= 4 is 12.4 Å². The number of hydrogen-bond donors (Lipinski definition) is 1. The molecule has 0 spiro atoms. The summed E-state index contributed by atoms with van der Waals surface area (Å²) < 4.78 is 51.2. The lowest BCUT2D eigenvalue weighted by molar-refractivity contribution is 0.434. The molecule has 0 radical (unpaired) electrons. The summed E-state index contributed by atoms with van der Waals surface area (Å²) in [5, 5.41) is 0. The summed E-state index contributed by atoms with van der Waals surface area (Å²) >= 11 is 0. The van der Waals surface area contributed by atoms with Crippen LogP contribution < -0.4 is 5.73 Å². The van der Waals surface area contributed by atoms with E-state index in [1.54, 1.807) is 0 Å². The first-order valence-electron chi connectivity index (χ1n) is 3.70. The third-order valence-corrected chi connectivity index (χ3v) is 1.73. The Bertz CT molecular complexity index is 355. The van der Waals surface area contributed by atoms with Gasteiger partial charge in [0.15, 0.2) is 23.3 Å². The van der Waals surface area contributed by atoms with Crippen LogP contribution in [0.25, 0.3) is 0 Å². The van der Waals surface area contributed by atoms with Crippen molar-refractivity contribution in [3.05, 3.63) is 47.6 Å². The maximum atomic E-state index is 13.0. The van der Waals surface area contributed by atoms with Gasteiger partial charge in [0.05, 0.1) is 11.6 Å². The summed E-state index contributed by atoms with van der Waals surface area (Å²) in [5.74, 6) is -5.93. The van der Waals surface area contributed by atoms with E-state index in [2.05, 4.69) is 6.58 Å². The lowest BCUT2D eigenvalue weighted by Gasteiger charge is -2.10. The summed E-state index contributed by atoms with van der Waals surface area (Å²) in [5.41, 5.74) is 4.35. The van der Waals surface area contributed by atoms with E-state index < -0.39 is 34.9 Å². The first-order valence-corrected chi connectivity index (χ1v) is 3.70. The molecule has 0 aliphatic rings. The summed E-state index contributed by atoms with van der Waals surface area (Å²) in [6, 6.07) is -1.15. The topological polar surface area (TPSA) is 26.0 Å². The van der Waals surface area contributed by atoms with Gasteiger partial charge >= 0.3 is 0 Å². The third kappa shape index (κ3) is 2.49. The predicted octanol–water partition coefficient (Wildman–Crippen LogP) is 2.85. The molecule has 0 heterocycles. The molecule has 84 valence electrons. The molecule has 1 aromatic carbocycles. The molecule has 0 aliphatic heterocycles. The Labute approximate surface area is 90.0 Å². The summed E-state index contributed by atoms with van der Waals surface area (Å²) in [4.78, 5) is 0. The number of hydrogen-bond acceptors (Lipinski definition) is 1. The summed E-state index contributed by atoms with van der Waals surface area (Å²) in [6.45, 7) is 3.18. The molecule has 0 aromatic heterocycles. The van der Waals surface area contributed by atoms with Crippen molar-refractivity contribution in [2.24, 2.45) is 5.73 Å². The smallest absolute Gasteiger partial charge is 0.167 e. The van der Waals surface area contributed by atoms with Crippen LogP contribution in [0.5, 0.6) is 0 Å². The molecular weight excluding hydrogens is 234 g/mol. The van der Waals surface area contributed by atoms with E-state index >= 15 is 0 Å². The van der Waals surface area contributed by atoms with E-state index in [9.17, 15) is 17.6 Å². The standard InChI is InChI=1S/C9H7F4N.ClH/c1-2-6(14)7-8(12)4(10)3-5(11)9(7)13;/h2-3,6H,1,14H2;1H/t6-;/m0./s1. The van der Waals surface area contributed by atoms with Crippen LogP contribution in [0, 0.1) is 23.3 Å². The van der Waals surface area contributed by atoms with Gasteiger partial charge in [-0.25, -0.2) is 17.6 Å². The van der Waals surface area contributed by atoms with Gasteiger partial charge in [-0.05, 0) is 0 Å². The minimum atomic E-state index is -1.49. The minimum absolute atomic E-state index is 0. The molecule has 1 atom stereocenters. The second kappa shape index (κ2) is 5.14. The molecular formula is C9H8ClF4N. The van der Waals surface area contributed by atoms with Gasteiger partial charge in [-0.3, -0.25) is 0 Å². The fraction of sp³-hybridized carbons (Fsp3) is 0.111. The van der Waals surface area contributed by atoms with E-state index in [0.29, 0.717) is 0 Å². The predicted molar refractivity (Wildman–Crippen MR) is 50.6 cm³/mol. The maximum Gasteiger partial charge on any atom is 0.167 e. The van der Waals surface area contributed by atoms with Gasteiger partial charge < -0.3 is 5.73 Å². The second-order valence-corrected chi connectivity index (χ2v) is 2.64. The molecule has 0 saturated carbocycles. The quantitative estimate of drug-likeness (QED) is 0.481. The van der Waals surface area contributed by atoms with E-state index in [1.807, 2.05) is 0 Å². The lowest BCUT2D eigenvalue weighted by atomic mass is 10.1. The molecule has 0 fully saturated rings. The Morgan fingerprint density at radius 3 is 1.87 bits per heavy atom. The number of halogens is 5. The zero-order valence-corrected chi connectivity index (χ0v) is 8.25. The van der Waals surface area contributed by atoms with Crippen molar-refractivity contribution in [3.63, 3.8) is 0 Å². The zero-order valence-electron chi connectivity index (χ0n) is 7.44. The van der Waals surface area contributed by atoms with Crippen LogP contribution in [0.1, 0.15) is 11.6 Å². The van der Waals surface area contributed by atoms with Crippen molar-refractivity contribution in [2.75, 3.05) is 0 Å². The van der Waals surface area contributed by atoms with Crippen LogP contribution in [0.15, 0.2) is 18.7 Å². The molecule has 0 aliphatic carbocycles. The molecule has 0 bridgehead atoms. The molecule has 0 unspecified atom stereocenters. The molecule has 1 rings (SSSR count). The fourth-order valence-corrected chi connectivity index (χ4v) is 1.00. The van der Waals surface area contributed by atoms with E-state index in [4.69, 9.17) is 5.73 Å². The Morgan fingerprint density at radius 2 is 1.53 bits per heavy atom. The highest BCUT2D eigenvalue weighted by atomic mass is 35.5. The highest BCUT2D eigenvalue weighted by Gasteiger charge is 2.21. The Balaban J connectivity index is 0.00000196. The highest BCUT2D eigenvalue weighted by molar-refractivity contribution is 5.85. The van der Waals surface area contributed by atoms with Crippen LogP contribution in [-0.2, 0) is 0 Å². The fourth-order valence-electron chi connectivity index (χ4n) is 1.00. The van der Waals surface area contributed by atoms with Gasteiger partial charge in [-0.2, -0.15) is 0 Å². The van der Waals surface area contributed by atoms with Gasteiger partial charge in [-0.1, -0.05) is 6.08 Å². The summed E-state index contributed by atoms with van der Waals surface area (Å²) in [7, 11) is 0.